The van der Waals surface area contributed by atoms with Crippen molar-refractivity contribution >= 4 is 0 Å². The summed E-state index contributed by atoms with van der Waals surface area (Å²) in [4.78, 5) is 0. The first-order valence-electron chi connectivity index (χ1n) is 4.64. The Balaban J connectivity index is 0.000000561. The second-order valence-corrected chi connectivity index (χ2v) is 3.13. The van der Waals surface area contributed by atoms with Crippen LogP contribution in [-0.2, 0) is 0 Å². The molecule has 0 amide bonds. The highest BCUT2D eigenvalue weighted by Crippen LogP contribution is 2.29. The molecule has 0 aliphatic heterocycles. The van der Waals surface area contributed by atoms with E-state index < -0.39 is 0 Å². The molecule has 0 saturated heterocycles. The van der Waals surface area contributed by atoms with E-state index in [1.54, 1.807) is 0 Å². The van der Waals surface area contributed by atoms with Gasteiger partial charge < -0.3 is 0 Å². The molecule has 70 valence electrons. The van der Waals surface area contributed by atoms with Gasteiger partial charge in [0.2, 0.25) is 0 Å². The fourth-order valence-corrected chi connectivity index (χ4v) is 1.46. The first-order valence-corrected chi connectivity index (χ1v) is 4.64. The standard InChI is InChI=1S/C9H13F.C2H6/c1-6-4-7(2)9(10)8(3)5-6;1-2/h4,8H,5H2,1-3H3;1-2H3. The van der Waals surface area contributed by atoms with E-state index in [4.69, 9.17) is 0 Å². The van der Waals surface area contributed by atoms with Gasteiger partial charge in [-0.2, -0.15) is 0 Å². The highest BCUT2D eigenvalue weighted by molar-refractivity contribution is 5.29. The number of hydrogen-bond acceptors (Lipinski definition) is 0. The van der Waals surface area contributed by atoms with Crippen LogP contribution in [0.15, 0.2) is 23.0 Å². The van der Waals surface area contributed by atoms with E-state index in [0.717, 1.165) is 12.0 Å². The summed E-state index contributed by atoms with van der Waals surface area (Å²) in [5.74, 6) is 0.163. The van der Waals surface area contributed by atoms with Gasteiger partial charge >= 0.3 is 0 Å². The largest absolute Gasteiger partial charge is 0.211 e. The molecule has 0 radical (unpaired) electrons. The van der Waals surface area contributed by atoms with Crippen molar-refractivity contribution in [2.24, 2.45) is 5.92 Å². The van der Waals surface area contributed by atoms with E-state index in [9.17, 15) is 4.39 Å². The predicted molar refractivity (Wildman–Crippen MR) is 52.7 cm³/mol. The van der Waals surface area contributed by atoms with Crippen LogP contribution in [0.25, 0.3) is 0 Å². The van der Waals surface area contributed by atoms with Crippen molar-refractivity contribution in [3.05, 3.63) is 23.0 Å². The van der Waals surface area contributed by atoms with Crippen molar-refractivity contribution in [1.82, 2.24) is 0 Å². The Morgan fingerprint density at radius 2 is 1.83 bits per heavy atom. The van der Waals surface area contributed by atoms with Gasteiger partial charge in [-0.3, -0.25) is 0 Å². The van der Waals surface area contributed by atoms with Crippen LogP contribution in [0.3, 0.4) is 0 Å². The van der Waals surface area contributed by atoms with Crippen molar-refractivity contribution in [2.45, 2.75) is 41.0 Å². The third kappa shape index (κ3) is 2.80. The van der Waals surface area contributed by atoms with E-state index in [0.29, 0.717) is 0 Å². The van der Waals surface area contributed by atoms with Gasteiger partial charge in [-0.25, -0.2) is 4.39 Å². The summed E-state index contributed by atoms with van der Waals surface area (Å²) < 4.78 is 13.0. The van der Waals surface area contributed by atoms with Crippen molar-refractivity contribution in [3.63, 3.8) is 0 Å². The summed E-state index contributed by atoms with van der Waals surface area (Å²) in [7, 11) is 0. The van der Waals surface area contributed by atoms with Crippen LogP contribution < -0.4 is 0 Å². The molecule has 1 aliphatic rings. The van der Waals surface area contributed by atoms with Gasteiger partial charge in [0.25, 0.3) is 0 Å². The van der Waals surface area contributed by atoms with Gasteiger partial charge in [0.05, 0.1) is 0 Å². The van der Waals surface area contributed by atoms with E-state index in [-0.39, 0.29) is 11.7 Å². The van der Waals surface area contributed by atoms with E-state index in [1.165, 1.54) is 5.57 Å². The number of rotatable bonds is 0. The van der Waals surface area contributed by atoms with Crippen LogP contribution >= 0.6 is 0 Å². The Kier molecular flexibility index (Phi) is 4.87. The molecule has 0 nitrogen and oxygen atoms in total. The van der Waals surface area contributed by atoms with Gasteiger partial charge in [0.15, 0.2) is 0 Å². The molecule has 0 N–H and O–H groups in total. The molecule has 0 aromatic rings. The molecule has 1 atom stereocenters. The van der Waals surface area contributed by atoms with Crippen LogP contribution in [0.4, 0.5) is 4.39 Å². The molecule has 1 aliphatic carbocycles. The number of allylic oxidation sites excluding steroid dienone is 4. The molecule has 0 saturated carbocycles. The maximum Gasteiger partial charge on any atom is 0.106 e. The summed E-state index contributed by atoms with van der Waals surface area (Å²) in [6.07, 6.45) is 2.80. The lowest BCUT2D eigenvalue weighted by atomic mass is 9.92. The quantitative estimate of drug-likeness (QED) is 0.510. The summed E-state index contributed by atoms with van der Waals surface area (Å²) in [6, 6.07) is 0. The molecule has 0 aromatic heterocycles. The van der Waals surface area contributed by atoms with Gasteiger partial charge in [-0.05, 0) is 25.8 Å². The molecule has 0 aromatic carbocycles. The molecule has 0 bridgehead atoms. The first-order chi connectivity index (χ1) is 5.61. The van der Waals surface area contributed by atoms with Crippen molar-refractivity contribution in [3.8, 4) is 0 Å². The maximum atomic E-state index is 13.0. The topological polar surface area (TPSA) is 0 Å². The van der Waals surface area contributed by atoms with Crippen LogP contribution in [-0.4, -0.2) is 0 Å². The zero-order chi connectivity index (χ0) is 9.72. The zero-order valence-corrected chi connectivity index (χ0v) is 8.74. The van der Waals surface area contributed by atoms with Crippen LogP contribution in [0.1, 0.15) is 41.0 Å². The second kappa shape index (κ2) is 5.13. The molecule has 0 fully saturated rings. The third-order valence-corrected chi connectivity index (χ3v) is 1.90. The van der Waals surface area contributed by atoms with Gasteiger partial charge in [0.1, 0.15) is 5.83 Å². The lowest BCUT2D eigenvalue weighted by Gasteiger charge is -2.16. The summed E-state index contributed by atoms with van der Waals surface area (Å²) in [5.41, 5.74) is 2.09. The normalized spacial score (nSPS) is 22.8. The SMILES string of the molecule is CC.CC1=CC(C)=C(F)C(C)C1. The Morgan fingerprint density at radius 1 is 1.33 bits per heavy atom. The molecule has 1 rings (SSSR count). The van der Waals surface area contributed by atoms with Gasteiger partial charge in [0, 0.05) is 5.92 Å². The fraction of sp³-hybridized carbons (Fsp3) is 0.636. The Bertz CT molecular complexity index is 199. The van der Waals surface area contributed by atoms with Crippen LogP contribution in [0.5, 0.6) is 0 Å². The molecular formula is C11H19F. The first kappa shape index (κ1) is 11.4. The van der Waals surface area contributed by atoms with E-state index >= 15 is 0 Å². The molecule has 0 spiro atoms. The summed E-state index contributed by atoms with van der Waals surface area (Å²) in [6.45, 7) is 9.80. The molecule has 0 heterocycles. The smallest absolute Gasteiger partial charge is 0.106 e. The monoisotopic (exact) mass is 170 g/mol. The Labute approximate surface area is 75.2 Å². The van der Waals surface area contributed by atoms with Crippen LogP contribution in [0, 0.1) is 5.92 Å². The average Bonchev–Trinajstić information content (AvgIpc) is 2.04. The van der Waals surface area contributed by atoms with E-state index in [1.807, 2.05) is 40.7 Å². The maximum absolute atomic E-state index is 13.0. The van der Waals surface area contributed by atoms with Crippen molar-refractivity contribution in [1.29, 1.82) is 0 Å². The number of halogens is 1. The summed E-state index contributed by atoms with van der Waals surface area (Å²) in [5, 5.41) is 0. The minimum absolute atomic E-state index is 0.0607. The van der Waals surface area contributed by atoms with Crippen LogP contribution in [0.2, 0.25) is 0 Å². The molecular weight excluding hydrogens is 151 g/mol. The van der Waals surface area contributed by atoms with Gasteiger partial charge in [-0.1, -0.05) is 32.4 Å². The Morgan fingerprint density at radius 3 is 2.25 bits per heavy atom. The minimum atomic E-state index is 0.0607. The molecule has 1 unspecified atom stereocenters. The molecule has 12 heavy (non-hydrogen) atoms. The average molecular weight is 170 g/mol. The van der Waals surface area contributed by atoms with Crippen molar-refractivity contribution < 1.29 is 4.39 Å². The highest BCUT2D eigenvalue weighted by atomic mass is 19.1. The van der Waals surface area contributed by atoms with Crippen molar-refractivity contribution in [2.75, 3.05) is 0 Å². The third-order valence-electron chi connectivity index (χ3n) is 1.90. The molecule has 1 heteroatoms. The lowest BCUT2D eigenvalue weighted by Crippen LogP contribution is -2.03. The zero-order valence-electron chi connectivity index (χ0n) is 8.74. The summed E-state index contributed by atoms with van der Waals surface area (Å²) >= 11 is 0. The lowest BCUT2D eigenvalue weighted by molar-refractivity contribution is 0.475. The minimum Gasteiger partial charge on any atom is -0.211 e. The fourth-order valence-electron chi connectivity index (χ4n) is 1.46. The second-order valence-electron chi connectivity index (χ2n) is 3.13. The highest BCUT2D eigenvalue weighted by Gasteiger charge is 2.15. The van der Waals surface area contributed by atoms with Gasteiger partial charge in [-0.15, -0.1) is 0 Å². The Hall–Kier alpha value is -0.590. The predicted octanol–water partition coefficient (Wildman–Crippen LogP) is 4.24. The number of hydrogen-bond donors (Lipinski definition) is 0. The van der Waals surface area contributed by atoms with E-state index in [2.05, 4.69) is 0 Å².